The van der Waals surface area contributed by atoms with Crippen LogP contribution in [-0.2, 0) is 0 Å². The molecule has 0 heterocycles. The number of aryl methyl sites for hydroxylation is 2. The van der Waals surface area contributed by atoms with Crippen molar-refractivity contribution in [3.63, 3.8) is 0 Å². The Labute approximate surface area is 117 Å². The lowest BCUT2D eigenvalue weighted by Gasteiger charge is -2.28. The Hall–Kier alpha value is -0.830. The van der Waals surface area contributed by atoms with Crippen molar-refractivity contribution in [1.82, 2.24) is 5.32 Å². The van der Waals surface area contributed by atoms with Crippen molar-refractivity contribution in [2.45, 2.75) is 50.4 Å². The fourth-order valence-electron chi connectivity index (χ4n) is 2.66. The molecule has 2 atom stereocenters. The van der Waals surface area contributed by atoms with E-state index in [2.05, 4.69) is 21.2 Å². The summed E-state index contributed by atoms with van der Waals surface area (Å²) in [7, 11) is 0. The summed E-state index contributed by atoms with van der Waals surface area (Å²) in [5.41, 5.74) is 2.94. The van der Waals surface area contributed by atoms with Crippen molar-refractivity contribution in [2.75, 3.05) is 0 Å². The molecule has 1 aromatic rings. The second-order valence-corrected chi connectivity index (χ2v) is 6.32. The molecular weight excluding hydrogens is 290 g/mol. The number of nitrogens with one attached hydrogen (secondary N) is 1. The lowest BCUT2D eigenvalue weighted by atomic mass is 9.94. The van der Waals surface area contributed by atoms with Gasteiger partial charge in [-0.25, -0.2) is 0 Å². The first-order valence-electron chi connectivity index (χ1n) is 6.60. The van der Waals surface area contributed by atoms with Gasteiger partial charge in [0.1, 0.15) is 0 Å². The summed E-state index contributed by atoms with van der Waals surface area (Å²) in [5, 5.41) is 3.18. The first kappa shape index (κ1) is 13.6. The first-order chi connectivity index (χ1) is 8.59. The number of carbonyl (C=O) groups is 1. The monoisotopic (exact) mass is 309 g/mol. The lowest BCUT2D eigenvalue weighted by Crippen LogP contribution is -2.43. The molecule has 0 aliphatic heterocycles. The summed E-state index contributed by atoms with van der Waals surface area (Å²) in [5.74, 6) is 0.0713. The van der Waals surface area contributed by atoms with Crippen LogP contribution < -0.4 is 5.32 Å². The zero-order chi connectivity index (χ0) is 13.1. The second-order valence-electron chi connectivity index (χ2n) is 5.15. The Kier molecular flexibility index (Phi) is 4.44. The van der Waals surface area contributed by atoms with E-state index in [4.69, 9.17) is 0 Å². The van der Waals surface area contributed by atoms with Crippen LogP contribution in [0.25, 0.3) is 0 Å². The number of hydrogen-bond acceptors (Lipinski definition) is 1. The molecule has 0 aromatic heterocycles. The van der Waals surface area contributed by atoms with Gasteiger partial charge in [0, 0.05) is 16.4 Å². The average Bonchev–Trinajstić information content (AvgIpc) is 2.32. The minimum absolute atomic E-state index is 0.0713. The van der Waals surface area contributed by atoms with Gasteiger partial charge < -0.3 is 5.32 Å². The number of carbonyl (C=O) groups excluding carboxylic acids is 1. The molecule has 1 aromatic carbocycles. The van der Waals surface area contributed by atoms with Gasteiger partial charge in [-0.3, -0.25) is 4.79 Å². The molecule has 0 radical (unpaired) electrons. The van der Waals surface area contributed by atoms with Crippen LogP contribution in [0.15, 0.2) is 18.2 Å². The van der Waals surface area contributed by atoms with E-state index >= 15 is 0 Å². The van der Waals surface area contributed by atoms with Crippen molar-refractivity contribution >= 4 is 21.8 Å². The standard InChI is InChI=1S/C15H20BrNO/c1-10-6-5-7-11(2)14(10)15(18)17-13-9-4-3-8-12(13)16/h5-7,12-13H,3-4,8-9H2,1-2H3,(H,17,18). The topological polar surface area (TPSA) is 29.1 Å². The zero-order valence-corrected chi connectivity index (χ0v) is 12.6. The molecular formula is C15H20BrNO. The normalized spacial score (nSPS) is 23.7. The molecule has 0 saturated heterocycles. The SMILES string of the molecule is Cc1cccc(C)c1C(=O)NC1CCCCC1Br. The van der Waals surface area contributed by atoms with Crippen LogP contribution in [0.5, 0.6) is 0 Å². The highest BCUT2D eigenvalue weighted by Gasteiger charge is 2.25. The highest BCUT2D eigenvalue weighted by atomic mass is 79.9. The highest BCUT2D eigenvalue weighted by molar-refractivity contribution is 9.09. The molecule has 1 aliphatic rings. The van der Waals surface area contributed by atoms with Crippen LogP contribution >= 0.6 is 15.9 Å². The maximum Gasteiger partial charge on any atom is 0.252 e. The number of hydrogen-bond donors (Lipinski definition) is 1. The van der Waals surface area contributed by atoms with Gasteiger partial charge in [0.15, 0.2) is 0 Å². The van der Waals surface area contributed by atoms with Crippen molar-refractivity contribution in [3.8, 4) is 0 Å². The number of amides is 1. The molecule has 98 valence electrons. The maximum absolute atomic E-state index is 12.4. The van der Waals surface area contributed by atoms with Gasteiger partial charge in [0.05, 0.1) is 0 Å². The Bertz CT molecular complexity index is 424. The van der Waals surface area contributed by atoms with Crippen molar-refractivity contribution < 1.29 is 4.79 Å². The Morgan fingerprint density at radius 3 is 2.44 bits per heavy atom. The minimum atomic E-state index is 0.0713. The number of benzene rings is 1. The molecule has 0 bridgehead atoms. The van der Waals surface area contributed by atoms with E-state index in [0.717, 1.165) is 29.5 Å². The van der Waals surface area contributed by atoms with Crippen LogP contribution in [0.3, 0.4) is 0 Å². The second kappa shape index (κ2) is 5.87. The summed E-state index contributed by atoms with van der Waals surface area (Å²) in [6.07, 6.45) is 4.69. The third-order valence-corrected chi connectivity index (χ3v) is 4.80. The number of alkyl halides is 1. The van der Waals surface area contributed by atoms with E-state index in [1.807, 2.05) is 32.0 Å². The molecule has 1 saturated carbocycles. The van der Waals surface area contributed by atoms with Crippen molar-refractivity contribution in [3.05, 3.63) is 34.9 Å². The molecule has 1 amide bonds. The van der Waals surface area contributed by atoms with Gasteiger partial charge in [-0.2, -0.15) is 0 Å². The van der Waals surface area contributed by atoms with Crippen LogP contribution in [0, 0.1) is 13.8 Å². The summed E-state index contributed by atoms with van der Waals surface area (Å²) in [6, 6.07) is 6.25. The van der Waals surface area contributed by atoms with Gasteiger partial charge in [-0.15, -0.1) is 0 Å². The fourth-order valence-corrected chi connectivity index (χ4v) is 3.38. The van der Waals surface area contributed by atoms with Gasteiger partial charge in [-0.05, 0) is 37.8 Å². The van der Waals surface area contributed by atoms with E-state index in [1.54, 1.807) is 0 Å². The molecule has 1 aliphatic carbocycles. The van der Waals surface area contributed by atoms with Crippen LogP contribution in [0.2, 0.25) is 0 Å². The summed E-state index contributed by atoms with van der Waals surface area (Å²) >= 11 is 3.68. The van der Waals surface area contributed by atoms with Gasteiger partial charge >= 0.3 is 0 Å². The van der Waals surface area contributed by atoms with Crippen molar-refractivity contribution in [1.29, 1.82) is 0 Å². The molecule has 2 unspecified atom stereocenters. The highest BCUT2D eigenvalue weighted by Crippen LogP contribution is 2.25. The van der Waals surface area contributed by atoms with E-state index < -0.39 is 0 Å². The summed E-state index contributed by atoms with van der Waals surface area (Å²) in [6.45, 7) is 3.99. The maximum atomic E-state index is 12.4. The van der Waals surface area contributed by atoms with E-state index in [0.29, 0.717) is 4.83 Å². The van der Waals surface area contributed by atoms with Crippen LogP contribution in [0.4, 0.5) is 0 Å². The predicted molar refractivity (Wildman–Crippen MR) is 78.4 cm³/mol. The van der Waals surface area contributed by atoms with Gasteiger partial charge in [0.25, 0.3) is 5.91 Å². The fraction of sp³-hybridized carbons (Fsp3) is 0.533. The lowest BCUT2D eigenvalue weighted by molar-refractivity contribution is 0.0928. The predicted octanol–water partition coefficient (Wildman–Crippen LogP) is 3.74. The Morgan fingerprint density at radius 2 is 1.83 bits per heavy atom. The Morgan fingerprint density at radius 1 is 1.22 bits per heavy atom. The van der Waals surface area contributed by atoms with E-state index in [-0.39, 0.29) is 11.9 Å². The molecule has 1 N–H and O–H groups in total. The van der Waals surface area contributed by atoms with Gasteiger partial charge in [0.2, 0.25) is 0 Å². The minimum Gasteiger partial charge on any atom is -0.348 e. The van der Waals surface area contributed by atoms with E-state index in [9.17, 15) is 4.79 Å². The van der Waals surface area contributed by atoms with Crippen LogP contribution in [-0.4, -0.2) is 16.8 Å². The third kappa shape index (κ3) is 2.94. The Balaban J connectivity index is 2.12. The largest absolute Gasteiger partial charge is 0.348 e. The van der Waals surface area contributed by atoms with Crippen LogP contribution in [0.1, 0.15) is 47.2 Å². The number of rotatable bonds is 2. The number of halogens is 1. The molecule has 18 heavy (non-hydrogen) atoms. The summed E-state index contributed by atoms with van der Waals surface area (Å²) in [4.78, 5) is 12.8. The smallest absolute Gasteiger partial charge is 0.252 e. The molecule has 0 spiro atoms. The molecule has 2 nitrogen and oxygen atoms in total. The van der Waals surface area contributed by atoms with Crippen molar-refractivity contribution in [2.24, 2.45) is 0 Å². The zero-order valence-electron chi connectivity index (χ0n) is 11.0. The van der Waals surface area contributed by atoms with Gasteiger partial charge in [-0.1, -0.05) is 47.0 Å². The van der Waals surface area contributed by atoms with E-state index in [1.165, 1.54) is 12.8 Å². The first-order valence-corrected chi connectivity index (χ1v) is 7.52. The third-order valence-electron chi connectivity index (χ3n) is 3.71. The quantitative estimate of drug-likeness (QED) is 0.828. The average molecular weight is 310 g/mol. The molecule has 1 fully saturated rings. The summed E-state index contributed by atoms with van der Waals surface area (Å²) < 4.78 is 0. The molecule has 3 heteroatoms. The molecule has 2 rings (SSSR count).